The van der Waals surface area contributed by atoms with Crippen molar-refractivity contribution in [1.82, 2.24) is 14.7 Å². The summed E-state index contributed by atoms with van der Waals surface area (Å²) in [7, 11) is 5.13. The van der Waals surface area contributed by atoms with Crippen LogP contribution in [0.2, 0.25) is 0 Å². The largest absolute Gasteiger partial charge is 0.497 e. The topological polar surface area (TPSA) is 65.1 Å². The maximum Gasteiger partial charge on any atom is 0.321 e. The van der Waals surface area contributed by atoms with Crippen molar-refractivity contribution in [2.24, 2.45) is 0 Å². The zero-order valence-corrected chi connectivity index (χ0v) is 14.6. The number of amides is 3. The summed E-state index contributed by atoms with van der Waals surface area (Å²) in [5.74, 6) is 0.843. The Bertz CT molecular complexity index is 559. The van der Waals surface area contributed by atoms with Gasteiger partial charge < -0.3 is 19.9 Å². The standard InChI is InChI=1S/C17H26N4O3/c1-19(2)16(22)13-20-9-4-10-21(12-11-20)17(23)18-14-5-7-15(24-3)8-6-14/h5-8H,4,9-13H2,1-3H3,(H,18,23). The molecule has 0 spiro atoms. The molecule has 1 heterocycles. The number of rotatable bonds is 4. The van der Waals surface area contributed by atoms with E-state index in [1.807, 2.05) is 24.3 Å². The molecule has 7 nitrogen and oxygen atoms in total. The lowest BCUT2D eigenvalue weighted by Gasteiger charge is -2.23. The first kappa shape index (κ1) is 18.1. The number of nitrogens with zero attached hydrogens (tertiary/aromatic N) is 3. The van der Waals surface area contributed by atoms with E-state index in [2.05, 4.69) is 10.2 Å². The molecule has 1 N–H and O–H groups in total. The molecule has 0 atom stereocenters. The summed E-state index contributed by atoms with van der Waals surface area (Å²) in [5, 5.41) is 2.90. The van der Waals surface area contributed by atoms with Crippen molar-refractivity contribution in [3.8, 4) is 5.75 Å². The van der Waals surface area contributed by atoms with Gasteiger partial charge in [0.15, 0.2) is 0 Å². The van der Waals surface area contributed by atoms with Crippen molar-refractivity contribution in [1.29, 1.82) is 0 Å². The quantitative estimate of drug-likeness (QED) is 0.902. The first-order valence-corrected chi connectivity index (χ1v) is 8.12. The van der Waals surface area contributed by atoms with Crippen molar-refractivity contribution in [3.05, 3.63) is 24.3 Å². The number of carbonyl (C=O) groups excluding carboxylic acids is 2. The summed E-state index contributed by atoms with van der Waals surface area (Å²) >= 11 is 0. The molecule has 0 aromatic heterocycles. The first-order chi connectivity index (χ1) is 11.5. The van der Waals surface area contributed by atoms with Gasteiger partial charge in [0, 0.05) is 46.0 Å². The molecule has 0 bridgehead atoms. The highest BCUT2D eigenvalue weighted by Crippen LogP contribution is 2.16. The number of likely N-dealkylation sites (N-methyl/N-ethyl adjacent to an activating group) is 1. The molecule has 24 heavy (non-hydrogen) atoms. The number of benzene rings is 1. The molecule has 1 aliphatic rings. The number of hydrogen-bond acceptors (Lipinski definition) is 4. The maximum atomic E-state index is 12.4. The van der Waals surface area contributed by atoms with Gasteiger partial charge in [0.05, 0.1) is 13.7 Å². The van der Waals surface area contributed by atoms with Crippen LogP contribution in [0.5, 0.6) is 5.75 Å². The van der Waals surface area contributed by atoms with Crippen LogP contribution < -0.4 is 10.1 Å². The van der Waals surface area contributed by atoms with E-state index in [-0.39, 0.29) is 11.9 Å². The Hall–Kier alpha value is -2.28. The molecule has 7 heteroatoms. The molecule has 1 saturated heterocycles. The number of urea groups is 1. The highest BCUT2D eigenvalue weighted by Gasteiger charge is 2.21. The van der Waals surface area contributed by atoms with E-state index in [4.69, 9.17) is 4.74 Å². The fourth-order valence-corrected chi connectivity index (χ4v) is 2.54. The minimum atomic E-state index is -0.110. The van der Waals surface area contributed by atoms with E-state index in [1.54, 1.807) is 31.0 Å². The van der Waals surface area contributed by atoms with E-state index in [9.17, 15) is 9.59 Å². The minimum absolute atomic E-state index is 0.0890. The fraction of sp³-hybridized carbons (Fsp3) is 0.529. The minimum Gasteiger partial charge on any atom is -0.497 e. The Morgan fingerprint density at radius 2 is 1.83 bits per heavy atom. The van der Waals surface area contributed by atoms with Gasteiger partial charge in [-0.3, -0.25) is 9.69 Å². The predicted molar refractivity (Wildman–Crippen MR) is 93.3 cm³/mol. The van der Waals surface area contributed by atoms with Gasteiger partial charge in [-0.15, -0.1) is 0 Å². The first-order valence-electron chi connectivity index (χ1n) is 8.12. The highest BCUT2D eigenvalue weighted by molar-refractivity contribution is 5.89. The summed E-state index contributed by atoms with van der Waals surface area (Å²) in [5.41, 5.74) is 0.740. The van der Waals surface area contributed by atoms with Gasteiger partial charge in [-0.2, -0.15) is 0 Å². The lowest BCUT2D eigenvalue weighted by Crippen LogP contribution is -2.40. The second kappa shape index (κ2) is 8.54. The molecule has 0 saturated carbocycles. The van der Waals surface area contributed by atoms with Gasteiger partial charge in [0.2, 0.25) is 5.91 Å². The molecule has 3 amide bonds. The van der Waals surface area contributed by atoms with Crippen molar-refractivity contribution >= 4 is 17.6 Å². The number of methoxy groups -OCH3 is 1. The fourth-order valence-electron chi connectivity index (χ4n) is 2.54. The normalized spacial score (nSPS) is 15.5. The van der Waals surface area contributed by atoms with Crippen LogP contribution in [0.3, 0.4) is 0 Å². The molecule has 0 unspecified atom stereocenters. The van der Waals surface area contributed by atoms with Crippen LogP contribution >= 0.6 is 0 Å². The Labute approximate surface area is 143 Å². The van der Waals surface area contributed by atoms with Crippen LogP contribution in [0.25, 0.3) is 0 Å². The zero-order valence-electron chi connectivity index (χ0n) is 14.6. The van der Waals surface area contributed by atoms with Gasteiger partial charge in [-0.25, -0.2) is 4.79 Å². The summed E-state index contributed by atoms with van der Waals surface area (Å²) in [6, 6.07) is 7.15. The third-order valence-corrected chi connectivity index (χ3v) is 4.07. The molecule has 1 aromatic carbocycles. The van der Waals surface area contributed by atoms with E-state index in [0.717, 1.165) is 24.4 Å². The number of anilines is 1. The Balaban J connectivity index is 1.85. The predicted octanol–water partition coefficient (Wildman–Crippen LogP) is 1.32. The molecule has 2 rings (SSSR count). The molecule has 0 radical (unpaired) electrons. The van der Waals surface area contributed by atoms with E-state index in [1.165, 1.54) is 0 Å². The van der Waals surface area contributed by atoms with Gasteiger partial charge in [0.1, 0.15) is 5.75 Å². The molecule has 1 aromatic rings. The van der Waals surface area contributed by atoms with Crippen molar-refractivity contribution < 1.29 is 14.3 Å². The molecule has 1 aliphatic heterocycles. The summed E-state index contributed by atoms with van der Waals surface area (Å²) in [4.78, 5) is 29.7. The SMILES string of the molecule is COc1ccc(NC(=O)N2CCCN(CC(=O)N(C)C)CC2)cc1. The van der Waals surface area contributed by atoms with Gasteiger partial charge >= 0.3 is 6.03 Å². The number of hydrogen-bond donors (Lipinski definition) is 1. The maximum absolute atomic E-state index is 12.4. The summed E-state index contributed by atoms with van der Waals surface area (Å²) < 4.78 is 5.11. The smallest absolute Gasteiger partial charge is 0.321 e. The average molecular weight is 334 g/mol. The molecule has 0 aliphatic carbocycles. The van der Waals surface area contributed by atoms with Gasteiger partial charge in [-0.05, 0) is 30.7 Å². The lowest BCUT2D eigenvalue weighted by atomic mass is 10.3. The van der Waals surface area contributed by atoms with E-state index < -0.39 is 0 Å². The monoisotopic (exact) mass is 334 g/mol. The molecular formula is C17H26N4O3. The molecule has 1 fully saturated rings. The summed E-state index contributed by atoms with van der Waals surface area (Å²) in [6.07, 6.45) is 0.858. The number of ether oxygens (including phenoxy) is 1. The van der Waals surface area contributed by atoms with Crippen LogP contribution in [0, 0.1) is 0 Å². The number of carbonyl (C=O) groups is 2. The highest BCUT2D eigenvalue weighted by atomic mass is 16.5. The number of nitrogens with one attached hydrogen (secondary N) is 1. The third-order valence-electron chi connectivity index (χ3n) is 4.07. The van der Waals surface area contributed by atoms with Crippen molar-refractivity contribution in [2.45, 2.75) is 6.42 Å². The Morgan fingerprint density at radius 1 is 1.12 bits per heavy atom. The van der Waals surface area contributed by atoms with Gasteiger partial charge in [0.25, 0.3) is 0 Å². The third kappa shape index (κ3) is 5.13. The molecule has 132 valence electrons. The van der Waals surface area contributed by atoms with Crippen LogP contribution in [0.1, 0.15) is 6.42 Å². The van der Waals surface area contributed by atoms with Gasteiger partial charge in [-0.1, -0.05) is 0 Å². The van der Waals surface area contributed by atoms with Crippen LogP contribution in [0.4, 0.5) is 10.5 Å². The Morgan fingerprint density at radius 3 is 2.46 bits per heavy atom. The van der Waals surface area contributed by atoms with Crippen molar-refractivity contribution in [2.75, 3.05) is 59.2 Å². The summed E-state index contributed by atoms with van der Waals surface area (Å²) in [6.45, 7) is 3.24. The lowest BCUT2D eigenvalue weighted by molar-refractivity contribution is -0.129. The Kier molecular flexibility index (Phi) is 6.43. The second-order valence-corrected chi connectivity index (χ2v) is 6.06. The van der Waals surface area contributed by atoms with Crippen LogP contribution in [-0.2, 0) is 4.79 Å². The zero-order chi connectivity index (χ0) is 17.5. The van der Waals surface area contributed by atoms with Crippen molar-refractivity contribution in [3.63, 3.8) is 0 Å². The van der Waals surface area contributed by atoms with E-state index in [0.29, 0.717) is 26.2 Å². The second-order valence-electron chi connectivity index (χ2n) is 6.06. The molecular weight excluding hydrogens is 308 g/mol. The van der Waals surface area contributed by atoms with Crippen LogP contribution in [0.15, 0.2) is 24.3 Å². The van der Waals surface area contributed by atoms with Crippen LogP contribution in [-0.4, -0.2) is 80.6 Å². The average Bonchev–Trinajstić information content (AvgIpc) is 2.81. The van der Waals surface area contributed by atoms with E-state index >= 15 is 0 Å².